The highest BCUT2D eigenvalue weighted by Gasteiger charge is 2.43. The van der Waals surface area contributed by atoms with Crippen molar-refractivity contribution in [3.8, 4) is 0 Å². The van der Waals surface area contributed by atoms with E-state index >= 15 is 0 Å². The summed E-state index contributed by atoms with van der Waals surface area (Å²) in [5.41, 5.74) is 3.09. The Morgan fingerprint density at radius 2 is 2.23 bits per heavy atom. The predicted molar refractivity (Wildman–Crippen MR) is 79.4 cm³/mol. The molecule has 2 N–H and O–H groups in total. The molecule has 2 aliphatic rings. The van der Waals surface area contributed by atoms with Crippen LogP contribution in [-0.4, -0.2) is 18.9 Å². The molecule has 1 aliphatic heterocycles. The van der Waals surface area contributed by atoms with E-state index in [-0.39, 0.29) is 17.6 Å². The lowest BCUT2D eigenvalue weighted by Gasteiger charge is -2.37. The van der Waals surface area contributed by atoms with Gasteiger partial charge >= 0.3 is 5.97 Å². The van der Waals surface area contributed by atoms with Crippen molar-refractivity contribution in [2.24, 2.45) is 5.92 Å². The van der Waals surface area contributed by atoms with Gasteiger partial charge in [0.1, 0.15) is 5.78 Å². The number of esters is 1. The van der Waals surface area contributed by atoms with Crippen LogP contribution in [0, 0.1) is 5.92 Å². The third kappa shape index (κ3) is 2.32. The highest BCUT2D eigenvalue weighted by molar-refractivity contribution is 5.95. The first-order valence-corrected chi connectivity index (χ1v) is 7.38. The molecule has 1 aliphatic carbocycles. The predicted octanol–water partition coefficient (Wildman–Crippen LogP) is 1.50. The summed E-state index contributed by atoms with van der Waals surface area (Å²) >= 11 is 0. The molecule has 5 nitrogen and oxygen atoms in total. The summed E-state index contributed by atoms with van der Waals surface area (Å²) in [6.45, 7) is 1.85. The second-order valence-electron chi connectivity index (χ2n) is 5.61. The molecule has 0 fully saturated rings. The number of methoxy groups -OCH3 is 1. The van der Waals surface area contributed by atoms with Crippen molar-refractivity contribution < 1.29 is 19.3 Å². The minimum atomic E-state index is -0.392. The normalized spacial score (nSPS) is 24.3. The first-order chi connectivity index (χ1) is 10.6. The Hall–Kier alpha value is -2.43. The number of hydrogen-bond acceptors (Lipinski definition) is 4. The lowest BCUT2D eigenvalue weighted by atomic mass is 9.71. The number of allylic oxidation sites excluding steroid dienone is 3. The average molecular weight is 299 g/mol. The topological polar surface area (TPSA) is 69.5 Å². The molecule has 0 spiro atoms. The Morgan fingerprint density at radius 1 is 1.41 bits per heavy atom. The van der Waals surface area contributed by atoms with Crippen LogP contribution in [0.4, 0.5) is 0 Å². The Labute approximate surface area is 129 Å². The summed E-state index contributed by atoms with van der Waals surface area (Å²) in [6, 6.07) is 3.81. The summed E-state index contributed by atoms with van der Waals surface area (Å²) in [4.78, 5) is 27.8. The summed E-state index contributed by atoms with van der Waals surface area (Å²) in [6.07, 6.45) is 6.95. The number of H-pyrrole nitrogens is 1. The van der Waals surface area contributed by atoms with Gasteiger partial charge in [-0.25, -0.2) is 9.78 Å². The van der Waals surface area contributed by atoms with Crippen molar-refractivity contribution >= 4 is 11.8 Å². The average Bonchev–Trinajstić information content (AvgIpc) is 2.54. The fourth-order valence-electron chi connectivity index (χ4n) is 3.35. The molecule has 1 aromatic heterocycles. The van der Waals surface area contributed by atoms with Gasteiger partial charge in [0.15, 0.2) is 12.4 Å². The maximum atomic E-state index is 12.5. The zero-order chi connectivity index (χ0) is 15.7. The molecule has 2 unspecified atom stereocenters. The van der Waals surface area contributed by atoms with E-state index in [0.29, 0.717) is 12.0 Å². The van der Waals surface area contributed by atoms with E-state index in [1.807, 2.05) is 25.3 Å². The largest absolute Gasteiger partial charge is 0.466 e. The number of ketones is 1. The number of rotatable bonds is 2. The van der Waals surface area contributed by atoms with Crippen molar-refractivity contribution in [3.63, 3.8) is 0 Å². The van der Waals surface area contributed by atoms with E-state index < -0.39 is 5.97 Å². The van der Waals surface area contributed by atoms with Crippen LogP contribution in [-0.2, 0) is 14.3 Å². The molecule has 22 heavy (non-hydrogen) atoms. The van der Waals surface area contributed by atoms with Gasteiger partial charge in [-0.15, -0.1) is 0 Å². The van der Waals surface area contributed by atoms with Gasteiger partial charge < -0.3 is 10.1 Å². The number of carbonyl (C=O) groups is 2. The van der Waals surface area contributed by atoms with Gasteiger partial charge in [0.2, 0.25) is 0 Å². The van der Waals surface area contributed by atoms with Crippen LogP contribution in [0.2, 0.25) is 0 Å². The van der Waals surface area contributed by atoms with Gasteiger partial charge in [-0.1, -0.05) is 6.08 Å². The van der Waals surface area contributed by atoms with E-state index in [0.717, 1.165) is 23.4 Å². The van der Waals surface area contributed by atoms with Crippen LogP contribution in [0.5, 0.6) is 0 Å². The first kappa shape index (κ1) is 14.5. The number of ether oxygens (including phenoxy) is 1. The molecular weight excluding hydrogens is 280 g/mol. The lowest BCUT2D eigenvalue weighted by Crippen LogP contribution is -2.40. The highest BCUT2D eigenvalue weighted by atomic mass is 16.5. The zero-order valence-corrected chi connectivity index (χ0v) is 12.7. The molecule has 1 aromatic rings. The van der Waals surface area contributed by atoms with Crippen molar-refractivity contribution in [2.45, 2.75) is 25.7 Å². The molecule has 0 aromatic carbocycles. The third-order valence-corrected chi connectivity index (χ3v) is 4.31. The first-order valence-electron chi connectivity index (χ1n) is 7.38. The summed E-state index contributed by atoms with van der Waals surface area (Å²) < 4.78 is 4.95. The van der Waals surface area contributed by atoms with Gasteiger partial charge in [-0.2, -0.15) is 0 Å². The maximum Gasteiger partial charge on any atom is 0.336 e. The van der Waals surface area contributed by atoms with Crippen LogP contribution in [0.3, 0.4) is 0 Å². The van der Waals surface area contributed by atoms with Gasteiger partial charge in [-0.05, 0) is 19.4 Å². The summed E-state index contributed by atoms with van der Waals surface area (Å²) in [7, 11) is 1.37. The van der Waals surface area contributed by atoms with E-state index in [4.69, 9.17) is 4.74 Å². The zero-order valence-electron chi connectivity index (χ0n) is 12.7. The van der Waals surface area contributed by atoms with Crippen LogP contribution < -0.4 is 10.3 Å². The number of aromatic amines is 1. The molecule has 5 heteroatoms. The molecule has 0 saturated heterocycles. The van der Waals surface area contributed by atoms with Gasteiger partial charge in [0, 0.05) is 35.4 Å². The molecule has 0 radical (unpaired) electrons. The Balaban J connectivity index is 2.18. The van der Waals surface area contributed by atoms with E-state index in [9.17, 15) is 9.59 Å². The maximum absolute atomic E-state index is 12.5. The second kappa shape index (κ2) is 5.75. The van der Waals surface area contributed by atoms with Crippen molar-refractivity contribution in [1.82, 2.24) is 5.32 Å². The minimum absolute atomic E-state index is 0.160. The quantitative estimate of drug-likeness (QED) is 0.840. The smallest absolute Gasteiger partial charge is 0.336 e. The number of fused-ring (bicyclic) bond motifs is 1. The second-order valence-corrected chi connectivity index (χ2v) is 5.61. The number of hydrogen-bond donors (Lipinski definition) is 1. The molecule has 0 amide bonds. The SMILES string of the molecule is COC(=O)C1=C(C)NC2=CCCC(=O)C2C1c1ccc[nH+]c1. The monoisotopic (exact) mass is 299 g/mol. The molecule has 2 heterocycles. The van der Waals surface area contributed by atoms with E-state index in [1.165, 1.54) is 7.11 Å². The lowest BCUT2D eigenvalue weighted by molar-refractivity contribution is -0.378. The standard InChI is InChI=1S/C17H18N2O3/c1-10-14(17(21)22-2)15(11-5-4-8-18-9-11)16-12(19-10)6-3-7-13(16)20/h4-6,8-9,15-16,19H,3,7H2,1-2H3/p+1. The number of nitrogens with one attached hydrogen (secondary N) is 2. The fraction of sp³-hybridized carbons (Fsp3) is 0.353. The third-order valence-electron chi connectivity index (χ3n) is 4.31. The van der Waals surface area contributed by atoms with Crippen LogP contribution in [0.25, 0.3) is 0 Å². The van der Waals surface area contributed by atoms with Gasteiger partial charge in [0.05, 0.1) is 18.6 Å². The molecule has 0 saturated carbocycles. The van der Waals surface area contributed by atoms with Crippen molar-refractivity contribution in [3.05, 3.63) is 53.1 Å². The Bertz CT molecular complexity index is 676. The summed E-state index contributed by atoms with van der Waals surface area (Å²) in [5.74, 6) is -0.892. The van der Waals surface area contributed by atoms with E-state index in [1.54, 1.807) is 6.20 Å². The number of pyridine rings is 1. The van der Waals surface area contributed by atoms with Crippen molar-refractivity contribution in [1.29, 1.82) is 0 Å². The van der Waals surface area contributed by atoms with Gasteiger partial charge in [-0.3, -0.25) is 4.79 Å². The van der Waals surface area contributed by atoms with Crippen LogP contribution >= 0.6 is 0 Å². The number of carbonyl (C=O) groups excluding carboxylic acids is 2. The molecule has 114 valence electrons. The van der Waals surface area contributed by atoms with Crippen LogP contribution in [0.1, 0.15) is 31.2 Å². The molecule has 2 atom stereocenters. The molecular formula is C17H19N2O3+. The minimum Gasteiger partial charge on any atom is -0.466 e. The van der Waals surface area contributed by atoms with E-state index in [2.05, 4.69) is 16.4 Å². The van der Waals surface area contributed by atoms with Gasteiger partial charge in [0.25, 0.3) is 0 Å². The molecule has 3 rings (SSSR count). The highest BCUT2D eigenvalue weighted by Crippen LogP contribution is 2.43. The van der Waals surface area contributed by atoms with Crippen LogP contribution in [0.15, 0.2) is 47.6 Å². The Kier molecular flexibility index (Phi) is 3.79. The Morgan fingerprint density at radius 3 is 2.91 bits per heavy atom. The summed E-state index contributed by atoms with van der Waals surface area (Å²) in [5, 5.41) is 3.22. The fourth-order valence-corrected chi connectivity index (χ4v) is 3.35. The number of Topliss-reactive ketones (excluding diaryl/α,β-unsaturated/α-hetero) is 1. The number of aromatic nitrogens is 1. The molecule has 0 bridgehead atoms. The van der Waals surface area contributed by atoms with Crippen molar-refractivity contribution in [2.75, 3.05) is 7.11 Å².